The molecule has 12 nitrogen and oxygen atoms in total. The minimum atomic E-state index is -1.08. The van der Waals surface area contributed by atoms with E-state index in [0.717, 1.165) is 11.1 Å². The number of benzene rings is 2. The molecule has 0 radical (unpaired) electrons. The molecule has 3 N–H and O–H groups in total. The highest BCUT2D eigenvalue weighted by molar-refractivity contribution is 8.77. The minimum Gasteiger partial charge on any atom is -0.480 e. The smallest absolute Gasteiger partial charge is 0.326 e. The van der Waals surface area contributed by atoms with Gasteiger partial charge in [-0.15, -0.1) is 0 Å². The molecule has 2 aromatic carbocycles. The first kappa shape index (κ1) is 36.9. The number of likely N-dealkylation sites (tertiary alicyclic amines) is 1. The monoisotopic (exact) mass is 698 g/mol. The average molecular weight is 699 g/mol. The van der Waals surface area contributed by atoms with Gasteiger partial charge in [0.25, 0.3) is 5.91 Å². The fourth-order valence-corrected chi connectivity index (χ4v) is 8.91. The van der Waals surface area contributed by atoms with Gasteiger partial charge in [0.2, 0.25) is 11.8 Å². The van der Waals surface area contributed by atoms with Gasteiger partial charge in [-0.2, -0.15) is 0 Å². The van der Waals surface area contributed by atoms with Gasteiger partial charge in [0.05, 0.1) is 10.5 Å². The summed E-state index contributed by atoms with van der Waals surface area (Å²) in [4.78, 5) is 78.4. The third-order valence-electron chi connectivity index (χ3n) is 8.53. The molecule has 2 heterocycles. The van der Waals surface area contributed by atoms with Crippen LogP contribution in [-0.2, 0) is 41.6 Å². The van der Waals surface area contributed by atoms with Gasteiger partial charge in [-0.3, -0.25) is 24.2 Å². The first-order valence-electron chi connectivity index (χ1n) is 16.0. The molecule has 0 aromatic heterocycles. The number of amides is 3. The van der Waals surface area contributed by atoms with E-state index in [4.69, 9.17) is 0 Å². The molecule has 2 saturated heterocycles. The van der Waals surface area contributed by atoms with Crippen LogP contribution in [0.15, 0.2) is 60.7 Å². The van der Waals surface area contributed by atoms with Crippen molar-refractivity contribution in [2.45, 2.75) is 87.0 Å². The molecule has 1 unspecified atom stereocenters. The zero-order chi connectivity index (χ0) is 34.8. The second kappa shape index (κ2) is 17.5. The van der Waals surface area contributed by atoms with Crippen molar-refractivity contribution in [2.75, 3.05) is 13.1 Å². The number of nitrogens with one attached hydrogen (secondary N) is 1. The lowest BCUT2D eigenvalue weighted by Gasteiger charge is -2.38. The van der Waals surface area contributed by atoms with Crippen molar-refractivity contribution >= 4 is 57.5 Å². The van der Waals surface area contributed by atoms with Crippen molar-refractivity contribution < 1.29 is 39.0 Å². The second-order valence-electron chi connectivity index (χ2n) is 12.0. The first-order chi connectivity index (χ1) is 23.0. The summed E-state index contributed by atoms with van der Waals surface area (Å²) in [6.07, 6.45) is 2.96. The van der Waals surface area contributed by atoms with Gasteiger partial charge < -0.3 is 25.2 Å². The highest BCUT2D eigenvalue weighted by atomic mass is 33.1. The van der Waals surface area contributed by atoms with Gasteiger partial charge in [-0.05, 0) is 63.5 Å². The summed E-state index contributed by atoms with van der Waals surface area (Å²) in [7, 11) is 2.34. The number of carbonyl (C=O) groups is 6. The van der Waals surface area contributed by atoms with Crippen LogP contribution in [0.25, 0.3) is 0 Å². The average Bonchev–Trinajstić information content (AvgIpc) is 3.77. The maximum Gasteiger partial charge on any atom is 0.326 e. The van der Waals surface area contributed by atoms with E-state index in [-0.39, 0.29) is 12.8 Å². The zero-order valence-corrected chi connectivity index (χ0v) is 28.6. The SMILES string of the molecule is C[C@H](NC(=O)[C@H](Cc1ccccc1)SS[C@@H](Cc1ccccc1)C(=O)N([C@@H](C)C=O)N1CCC[C@H]1C(=O)O)C(=O)N1CCCC1C(=O)O. The molecule has 2 fully saturated rings. The molecule has 0 bridgehead atoms. The zero-order valence-electron chi connectivity index (χ0n) is 27.0. The van der Waals surface area contributed by atoms with Gasteiger partial charge in [0.15, 0.2) is 0 Å². The molecule has 4 rings (SSSR count). The second-order valence-corrected chi connectivity index (χ2v) is 14.7. The fraction of sp³-hybridized carbons (Fsp3) is 0.471. The Morgan fingerprint density at radius 2 is 1.35 bits per heavy atom. The van der Waals surface area contributed by atoms with Crippen LogP contribution in [0.1, 0.15) is 50.7 Å². The highest BCUT2D eigenvalue weighted by Gasteiger charge is 2.42. The van der Waals surface area contributed by atoms with E-state index < -0.39 is 64.3 Å². The van der Waals surface area contributed by atoms with Gasteiger partial charge in [-0.25, -0.2) is 9.80 Å². The molecule has 0 aliphatic carbocycles. The molecular weight excluding hydrogens is 657 g/mol. The Morgan fingerprint density at radius 3 is 1.92 bits per heavy atom. The van der Waals surface area contributed by atoms with E-state index in [1.165, 1.54) is 43.4 Å². The molecule has 0 saturated carbocycles. The minimum absolute atomic E-state index is 0.255. The molecule has 6 atom stereocenters. The van der Waals surface area contributed by atoms with E-state index in [0.29, 0.717) is 45.1 Å². The van der Waals surface area contributed by atoms with E-state index in [1.54, 1.807) is 6.92 Å². The number of hydrogen-bond acceptors (Lipinski definition) is 9. The van der Waals surface area contributed by atoms with Crippen molar-refractivity contribution in [3.8, 4) is 0 Å². The van der Waals surface area contributed by atoms with Gasteiger partial charge in [-0.1, -0.05) is 82.3 Å². The number of carboxylic acids is 2. The van der Waals surface area contributed by atoms with Crippen molar-refractivity contribution in [1.29, 1.82) is 0 Å². The number of carboxylic acid groups (broad SMARTS) is 2. The molecule has 2 aliphatic rings. The van der Waals surface area contributed by atoms with E-state index in [1.807, 2.05) is 60.7 Å². The molecule has 0 spiro atoms. The van der Waals surface area contributed by atoms with Gasteiger partial charge in [0.1, 0.15) is 30.5 Å². The van der Waals surface area contributed by atoms with Gasteiger partial charge >= 0.3 is 11.9 Å². The number of carbonyl (C=O) groups excluding carboxylic acids is 4. The summed E-state index contributed by atoms with van der Waals surface area (Å²) < 4.78 is 0. The fourth-order valence-electron chi connectivity index (χ4n) is 6.05. The third kappa shape index (κ3) is 9.38. The highest BCUT2D eigenvalue weighted by Crippen LogP contribution is 2.37. The molecular formula is C34H42N4O8S2. The summed E-state index contributed by atoms with van der Waals surface area (Å²) in [5.74, 6) is -3.52. The quantitative estimate of drug-likeness (QED) is 0.174. The van der Waals surface area contributed by atoms with Crippen LogP contribution in [0.2, 0.25) is 0 Å². The lowest BCUT2D eigenvalue weighted by atomic mass is 10.1. The number of hydrazine groups is 1. The Balaban J connectivity index is 1.58. The first-order valence-corrected chi connectivity index (χ1v) is 18.3. The summed E-state index contributed by atoms with van der Waals surface area (Å²) in [5.41, 5.74) is 1.71. The maximum atomic E-state index is 14.3. The van der Waals surface area contributed by atoms with Crippen LogP contribution in [-0.4, -0.2) is 109 Å². The van der Waals surface area contributed by atoms with Crippen molar-refractivity contribution in [3.63, 3.8) is 0 Å². The van der Waals surface area contributed by atoms with Crippen LogP contribution in [0, 0.1) is 0 Å². The predicted octanol–water partition coefficient (Wildman–Crippen LogP) is 3.05. The van der Waals surface area contributed by atoms with E-state index in [9.17, 15) is 39.0 Å². The molecule has 3 amide bonds. The molecule has 2 aromatic rings. The molecule has 14 heteroatoms. The number of aldehydes is 1. The molecule has 48 heavy (non-hydrogen) atoms. The normalized spacial score (nSPS) is 20.3. The Kier molecular flexibility index (Phi) is 13.5. The summed E-state index contributed by atoms with van der Waals surface area (Å²) in [6, 6.07) is 14.8. The number of hydrogen-bond donors (Lipinski definition) is 3. The Morgan fingerprint density at radius 1 is 0.833 bits per heavy atom. The van der Waals surface area contributed by atoms with Crippen molar-refractivity contribution in [1.82, 2.24) is 20.2 Å². The third-order valence-corrected chi connectivity index (χ3v) is 11.6. The molecule has 2 aliphatic heterocycles. The topological polar surface area (TPSA) is 165 Å². The van der Waals surface area contributed by atoms with Crippen LogP contribution in [0.5, 0.6) is 0 Å². The van der Waals surface area contributed by atoms with Gasteiger partial charge in [0, 0.05) is 13.1 Å². The Bertz CT molecular complexity index is 1450. The lowest BCUT2D eigenvalue weighted by molar-refractivity contribution is -0.166. The summed E-state index contributed by atoms with van der Waals surface area (Å²) in [6.45, 7) is 3.69. The number of nitrogens with zero attached hydrogens (tertiary/aromatic N) is 3. The number of aliphatic carboxylic acids is 2. The Labute approximate surface area is 288 Å². The maximum absolute atomic E-state index is 14.3. The standard InChI is InChI=1S/C34H42N4O8S2/c1-22(21-39)38(37-18-10-16-27(37)34(45)46)32(42)29(20-25-13-7-4-8-14-25)48-47-28(19-24-11-5-3-6-12-24)30(40)35-23(2)31(41)36-17-9-15-26(36)33(43)44/h3-8,11-14,21-23,26-29H,9-10,15-20H2,1-2H3,(H,35,40)(H,43,44)(H,45,46)/t22-,23-,26?,27-,28-,29-/m0/s1. The van der Waals surface area contributed by atoms with E-state index in [2.05, 4.69) is 5.32 Å². The number of rotatable bonds is 16. The van der Waals surface area contributed by atoms with Crippen molar-refractivity contribution in [2.24, 2.45) is 0 Å². The van der Waals surface area contributed by atoms with Crippen molar-refractivity contribution in [3.05, 3.63) is 71.8 Å². The largest absolute Gasteiger partial charge is 0.480 e. The van der Waals surface area contributed by atoms with E-state index >= 15 is 0 Å². The summed E-state index contributed by atoms with van der Waals surface area (Å²) >= 11 is 0. The van der Waals surface area contributed by atoms with Crippen LogP contribution >= 0.6 is 21.6 Å². The predicted molar refractivity (Wildman–Crippen MR) is 183 cm³/mol. The lowest BCUT2D eigenvalue weighted by Crippen LogP contribution is -2.57. The van der Waals surface area contributed by atoms with Crippen LogP contribution in [0.3, 0.4) is 0 Å². The van der Waals surface area contributed by atoms with Crippen LogP contribution < -0.4 is 5.32 Å². The van der Waals surface area contributed by atoms with Crippen LogP contribution in [0.4, 0.5) is 0 Å². The summed E-state index contributed by atoms with van der Waals surface area (Å²) in [5, 5.41) is 23.4. The Hall–Kier alpha value is -3.88. The molecule has 258 valence electrons.